The van der Waals surface area contributed by atoms with Gasteiger partial charge in [-0.25, -0.2) is 0 Å². The second-order valence-electron chi connectivity index (χ2n) is 5.80. The fourth-order valence-electron chi connectivity index (χ4n) is 2.44. The Hall–Kier alpha value is -3.67. The number of pyridine rings is 1. The van der Waals surface area contributed by atoms with Crippen LogP contribution in [-0.2, 0) is 6.54 Å². The molecule has 0 spiro atoms. The predicted molar refractivity (Wildman–Crippen MR) is 103 cm³/mol. The van der Waals surface area contributed by atoms with Crippen LogP contribution < -0.4 is 15.4 Å². The first-order valence-electron chi connectivity index (χ1n) is 8.38. The molecule has 2 aromatic carbocycles. The number of nitrogens with zero attached hydrogens (tertiary/aromatic N) is 1. The monoisotopic (exact) mass is 361 g/mol. The molecule has 3 rings (SSSR count). The Balaban J connectivity index is 1.58. The summed E-state index contributed by atoms with van der Waals surface area (Å²) in [7, 11) is 1.59. The van der Waals surface area contributed by atoms with Crippen molar-refractivity contribution < 1.29 is 14.3 Å². The highest BCUT2D eigenvalue weighted by Crippen LogP contribution is 2.16. The first-order chi connectivity index (χ1) is 13.2. The molecule has 27 heavy (non-hydrogen) atoms. The molecule has 1 aromatic heterocycles. The smallest absolute Gasteiger partial charge is 0.255 e. The quantitative estimate of drug-likeness (QED) is 0.706. The molecule has 6 heteroatoms. The molecule has 1 heterocycles. The van der Waals surface area contributed by atoms with E-state index < -0.39 is 0 Å². The van der Waals surface area contributed by atoms with E-state index in [9.17, 15) is 9.59 Å². The number of carbonyl (C=O) groups is 2. The zero-order chi connectivity index (χ0) is 19.1. The van der Waals surface area contributed by atoms with Crippen molar-refractivity contribution in [3.8, 4) is 5.75 Å². The van der Waals surface area contributed by atoms with Gasteiger partial charge < -0.3 is 15.4 Å². The molecule has 2 amide bonds. The number of nitrogens with one attached hydrogen (secondary N) is 2. The highest BCUT2D eigenvalue weighted by Gasteiger charge is 2.09. The van der Waals surface area contributed by atoms with E-state index in [1.807, 2.05) is 12.1 Å². The van der Waals surface area contributed by atoms with Gasteiger partial charge >= 0.3 is 0 Å². The van der Waals surface area contributed by atoms with Crippen molar-refractivity contribution >= 4 is 17.5 Å². The van der Waals surface area contributed by atoms with Gasteiger partial charge in [0.15, 0.2) is 0 Å². The Labute approximate surface area is 157 Å². The standard InChI is InChI=1S/C21H19N3O3/c1-27-19-8-6-18(7-9-19)24-21(26)17-4-2-16(3-5-17)20(25)23-14-15-10-12-22-13-11-15/h2-13H,14H2,1H3,(H,23,25)(H,24,26). The Morgan fingerprint density at radius 1 is 0.852 bits per heavy atom. The summed E-state index contributed by atoms with van der Waals surface area (Å²) in [5.41, 5.74) is 2.59. The number of anilines is 1. The lowest BCUT2D eigenvalue weighted by Crippen LogP contribution is -2.23. The molecule has 0 bridgehead atoms. The third-order valence-electron chi connectivity index (χ3n) is 3.96. The number of hydrogen-bond acceptors (Lipinski definition) is 4. The van der Waals surface area contributed by atoms with Crippen LogP contribution in [0.4, 0.5) is 5.69 Å². The largest absolute Gasteiger partial charge is 0.497 e. The summed E-state index contributed by atoms with van der Waals surface area (Å²) < 4.78 is 5.09. The topological polar surface area (TPSA) is 80.3 Å². The minimum absolute atomic E-state index is 0.200. The summed E-state index contributed by atoms with van der Waals surface area (Å²) >= 11 is 0. The van der Waals surface area contributed by atoms with Crippen molar-refractivity contribution in [2.24, 2.45) is 0 Å². The molecule has 6 nitrogen and oxygen atoms in total. The van der Waals surface area contributed by atoms with Gasteiger partial charge in [0.2, 0.25) is 0 Å². The lowest BCUT2D eigenvalue weighted by atomic mass is 10.1. The maximum absolute atomic E-state index is 12.3. The lowest BCUT2D eigenvalue weighted by molar-refractivity contribution is 0.0949. The first kappa shape index (κ1) is 18.1. The minimum Gasteiger partial charge on any atom is -0.497 e. The Morgan fingerprint density at radius 2 is 1.44 bits per heavy atom. The van der Waals surface area contributed by atoms with E-state index >= 15 is 0 Å². The number of aromatic nitrogens is 1. The first-order valence-corrected chi connectivity index (χ1v) is 8.38. The summed E-state index contributed by atoms with van der Waals surface area (Å²) in [5, 5.41) is 5.64. The van der Waals surface area contributed by atoms with Crippen LogP contribution in [0.1, 0.15) is 26.3 Å². The number of ether oxygens (including phenoxy) is 1. The average molecular weight is 361 g/mol. The number of rotatable bonds is 6. The third kappa shape index (κ3) is 4.92. The molecular formula is C21H19N3O3. The fraction of sp³-hybridized carbons (Fsp3) is 0.0952. The second kappa shape index (κ2) is 8.62. The molecule has 3 aromatic rings. The van der Waals surface area contributed by atoms with E-state index in [0.717, 1.165) is 11.3 Å². The highest BCUT2D eigenvalue weighted by atomic mass is 16.5. The highest BCUT2D eigenvalue weighted by molar-refractivity contribution is 6.05. The van der Waals surface area contributed by atoms with Crippen LogP contribution in [0.2, 0.25) is 0 Å². The van der Waals surface area contributed by atoms with Crippen LogP contribution in [0.25, 0.3) is 0 Å². The molecule has 0 aliphatic rings. The van der Waals surface area contributed by atoms with E-state index in [0.29, 0.717) is 23.4 Å². The number of hydrogen-bond donors (Lipinski definition) is 2. The van der Waals surface area contributed by atoms with Crippen LogP contribution in [0.5, 0.6) is 5.75 Å². The number of carbonyl (C=O) groups excluding carboxylic acids is 2. The zero-order valence-electron chi connectivity index (χ0n) is 14.8. The number of methoxy groups -OCH3 is 1. The Kier molecular flexibility index (Phi) is 5.79. The van der Waals surface area contributed by atoms with E-state index in [2.05, 4.69) is 15.6 Å². The van der Waals surface area contributed by atoms with Crippen LogP contribution in [-0.4, -0.2) is 23.9 Å². The molecule has 0 aliphatic carbocycles. The molecule has 0 saturated carbocycles. The molecule has 2 N–H and O–H groups in total. The number of amides is 2. The number of benzene rings is 2. The maximum Gasteiger partial charge on any atom is 0.255 e. The maximum atomic E-state index is 12.3. The van der Waals surface area contributed by atoms with Crippen LogP contribution in [0, 0.1) is 0 Å². The average Bonchev–Trinajstić information content (AvgIpc) is 2.73. The third-order valence-corrected chi connectivity index (χ3v) is 3.96. The van der Waals surface area contributed by atoms with Crippen molar-refractivity contribution in [1.29, 1.82) is 0 Å². The zero-order valence-corrected chi connectivity index (χ0v) is 14.8. The SMILES string of the molecule is COc1ccc(NC(=O)c2ccc(C(=O)NCc3ccncc3)cc2)cc1. The molecule has 0 saturated heterocycles. The summed E-state index contributed by atoms with van der Waals surface area (Å²) in [6, 6.07) is 17.3. The van der Waals surface area contributed by atoms with Crippen molar-refractivity contribution in [3.05, 3.63) is 89.7 Å². The van der Waals surface area contributed by atoms with Gasteiger partial charge in [-0.1, -0.05) is 0 Å². The van der Waals surface area contributed by atoms with Crippen LogP contribution in [0.15, 0.2) is 73.1 Å². The van der Waals surface area contributed by atoms with E-state index in [1.54, 1.807) is 68.0 Å². The predicted octanol–water partition coefficient (Wildman–Crippen LogP) is 3.27. The van der Waals surface area contributed by atoms with Gasteiger partial charge in [0.25, 0.3) is 11.8 Å². The molecule has 0 aliphatic heterocycles. The lowest BCUT2D eigenvalue weighted by Gasteiger charge is -2.08. The van der Waals surface area contributed by atoms with Gasteiger partial charge in [-0.05, 0) is 66.2 Å². The molecule has 0 radical (unpaired) electrons. The normalized spacial score (nSPS) is 10.1. The van der Waals surface area contributed by atoms with Crippen molar-refractivity contribution in [3.63, 3.8) is 0 Å². The Morgan fingerprint density at radius 3 is 2.04 bits per heavy atom. The summed E-state index contributed by atoms with van der Waals surface area (Å²) in [6.07, 6.45) is 3.36. The van der Waals surface area contributed by atoms with Crippen LogP contribution in [0.3, 0.4) is 0 Å². The van der Waals surface area contributed by atoms with E-state index in [-0.39, 0.29) is 11.8 Å². The minimum atomic E-state index is -0.246. The van der Waals surface area contributed by atoms with Crippen molar-refractivity contribution in [1.82, 2.24) is 10.3 Å². The molecular weight excluding hydrogens is 342 g/mol. The van der Waals surface area contributed by atoms with Crippen molar-refractivity contribution in [2.45, 2.75) is 6.54 Å². The van der Waals surface area contributed by atoms with Gasteiger partial charge in [0.1, 0.15) is 5.75 Å². The van der Waals surface area contributed by atoms with E-state index in [1.165, 1.54) is 0 Å². The fourth-order valence-corrected chi connectivity index (χ4v) is 2.44. The molecule has 136 valence electrons. The van der Waals surface area contributed by atoms with E-state index in [4.69, 9.17) is 4.74 Å². The summed E-state index contributed by atoms with van der Waals surface area (Å²) in [4.78, 5) is 28.5. The summed E-state index contributed by atoms with van der Waals surface area (Å²) in [6.45, 7) is 0.418. The van der Waals surface area contributed by atoms with Gasteiger partial charge in [0.05, 0.1) is 7.11 Å². The molecule has 0 unspecified atom stereocenters. The molecule has 0 atom stereocenters. The van der Waals surface area contributed by atoms with Crippen LogP contribution >= 0.6 is 0 Å². The molecule has 0 fully saturated rings. The summed E-state index contributed by atoms with van der Waals surface area (Å²) in [5.74, 6) is 0.271. The van der Waals surface area contributed by atoms with Gasteiger partial charge in [-0.3, -0.25) is 14.6 Å². The second-order valence-corrected chi connectivity index (χ2v) is 5.80. The van der Waals surface area contributed by atoms with Crippen molar-refractivity contribution in [2.75, 3.05) is 12.4 Å². The Bertz CT molecular complexity index is 908. The van der Waals surface area contributed by atoms with Gasteiger partial charge in [-0.2, -0.15) is 0 Å². The van der Waals surface area contributed by atoms with Gasteiger partial charge in [-0.15, -0.1) is 0 Å². The van der Waals surface area contributed by atoms with Gasteiger partial charge in [0, 0.05) is 35.8 Å².